The lowest BCUT2D eigenvalue weighted by atomic mass is 10.2. The van der Waals surface area contributed by atoms with Crippen LogP contribution in [0.2, 0.25) is 5.02 Å². The Morgan fingerprint density at radius 3 is 2.42 bits per heavy atom. The van der Waals surface area contributed by atoms with E-state index in [-0.39, 0.29) is 0 Å². The van der Waals surface area contributed by atoms with E-state index in [9.17, 15) is 18.4 Å². The molecule has 1 atom stereocenters. The third kappa shape index (κ3) is 2.97. The first-order chi connectivity index (χ1) is 11.4. The van der Waals surface area contributed by atoms with Crippen molar-refractivity contribution in [3.05, 3.63) is 59.1 Å². The van der Waals surface area contributed by atoms with Crippen molar-refractivity contribution in [2.75, 3.05) is 11.9 Å². The molecule has 1 aliphatic heterocycles. The number of likely N-dealkylation sites (N-methyl/N-ethyl adjacent to an activating group) is 1. The van der Waals surface area contributed by atoms with Gasteiger partial charge in [-0.25, -0.2) is 18.5 Å². The standard InChI is InChI=1S/C16H11ClF2N2O2S/c1-20-15(24-11-5-2-9(17)3-6-11)14(22)21(16(20)23)13-8-10(18)4-7-12(13)19/h2-8,15H,1H3. The zero-order chi connectivity index (χ0) is 17.4. The van der Waals surface area contributed by atoms with Gasteiger partial charge < -0.3 is 4.90 Å². The van der Waals surface area contributed by atoms with E-state index >= 15 is 0 Å². The van der Waals surface area contributed by atoms with Gasteiger partial charge in [-0.3, -0.25) is 4.79 Å². The van der Waals surface area contributed by atoms with Gasteiger partial charge in [0, 0.05) is 23.0 Å². The number of urea groups is 1. The quantitative estimate of drug-likeness (QED) is 0.765. The number of amides is 3. The molecule has 1 heterocycles. The Balaban J connectivity index is 1.91. The molecule has 0 radical (unpaired) electrons. The molecule has 0 N–H and O–H groups in total. The van der Waals surface area contributed by atoms with Crippen LogP contribution in [0.25, 0.3) is 0 Å². The normalized spacial score (nSPS) is 17.8. The number of nitrogens with zero attached hydrogens (tertiary/aromatic N) is 2. The topological polar surface area (TPSA) is 40.6 Å². The minimum Gasteiger partial charge on any atom is -0.306 e. The minimum absolute atomic E-state index is 0.393. The molecule has 124 valence electrons. The maximum atomic E-state index is 13.9. The molecule has 1 unspecified atom stereocenters. The van der Waals surface area contributed by atoms with Crippen molar-refractivity contribution in [2.24, 2.45) is 0 Å². The van der Waals surface area contributed by atoms with Crippen molar-refractivity contribution in [3.63, 3.8) is 0 Å². The molecule has 0 aliphatic carbocycles. The van der Waals surface area contributed by atoms with E-state index < -0.39 is 34.6 Å². The number of carbonyl (C=O) groups excluding carboxylic acids is 2. The van der Waals surface area contributed by atoms with E-state index in [1.165, 1.54) is 11.9 Å². The highest BCUT2D eigenvalue weighted by Gasteiger charge is 2.45. The van der Waals surface area contributed by atoms with Crippen LogP contribution in [-0.2, 0) is 4.79 Å². The number of thioether (sulfide) groups is 1. The van der Waals surface area contributed by atoms with Crippen molar-refractivity contribution in [2.45, 2.75) is 10.3 Å². The maximum Gasteiger partial charge on any atom is 0.332 e. The van der Waals surface area contributed by atoms with E-state index in [4.69, 9.17) is 11.6 Å². The van der Waals surface area contributed by atoms with Gasteiger partial charge in [-0.1, -0.05) is 23.4 Å². The Labute approximate surface area is 146 Å². The van der Waals surface area contributed by atoms with E-state index in [0.717, 1.165) is 34.9 Å². The molecule has 2 aromatic carbocycles. The summed E-state index contributed by atoms with van der Waals surface area (Å²) in [5, 5.41) is -0.327. The van der Waals surface area contributed by atoms with Gasteiger partial charge in [0.15, 0.2) is 5.37 Å². The third-order valence-corrected chi connectivity index (χ3v) is 5.02. The fraction of sp³-hybridized carbons (Fsp3) is 0.125. The Bertz CT molecular complexity index is 816. The average molecular weight is 369 g/mol. The number of benzene rings is 2. The molecule has 0 aromatic heterocycles. The molecular formula is C16H11ClF2N2O2S. The van der Waals surface area contributed by atoms with Crippen LogP contribution in [-0.4, -0.2) is 29.3 Å². The van der Waals surface area contributed by atoms with E-state index in [2.05, 4.69) is 0 Å². The molecule has 1 saturated heterocycles. The Morgan fingerprint density at radius 1 is 1.08 bits per heavy atom. The largest absolute Gasteiger partial charge is 0.332 e. The van der Waals surface area contributed by atoms with Gasteiger partial charge in [-0.2, -0.15) is 0 Å². The molecule has 0 saturated carbocycles. The molecule has 24 heavy (non-hydrogen) atoms. The van der Waals surface area contributed by atoms with Gasteiger partial charge in [-0.05, 0) is 36.4 Å². The van der Waals surface area contributed by atoms with Crippen molar-refractivity contribution < 1.29 is 18.4 Å². The van der Waals surface area contributed by atoms with Crippen molar-refractivity contribution in [1.29, 1.82) is 0 Å². The highest BCUT2D eigenvalue weighted by molar-refractivity contribution is 8.00. The van der Waals surface area contributed by atoms with Crippen LogP contribution in [0.15, 0.2) is 47.4 Å². The molecule has 1 aliphatic rings. The van der Waals surface area contributed by atoms with Crippen LogP contribution >= 0.6 is 23.4 Å². The lowest BCUT2D eigenvalue weighted by Gasteiger charge is -2.15. The van der Waals surface area contributed by atoms with Crippen LogP contribution < -0.4 is 4.90 Å². The first-order valence-electron chi connectivity index (χ1n) is 6.86. The zero-order valence-corrected chi connectivity index (χ0v) is 13.9. The molecule has 1 fully saturated rings. The van der Waals surface area contributed by atoms with Crippen molar-refractivity contribution >= 4 is 41.0 Å². The van der Waals surface area contributed by atoms with Gasteiger partial charge in [0.25, 0.3) is 5.91 Å². The molecule has 4 nitrogen and oxygen atoms in total. The number of halogens is 3. The summed E-state index contributed by atoms with van der Waals surface area (Å²) in [6.45, 7) is 0. The minimum atomic E-state index is -0.874. The maximum absolute atomic E-state index is 13.9. The molecule has 0 spiro atoms. The van der Waals surface area contributed by atoms with E-state index in [1.807, 2.05) is 0 Å². The average Bonchev–Trinajstić information content (AvgIpc) is 2.76. The van der Waals surface area contributed by atoms with Crippen LogP contribution in [0.4, 0.5) is 19.3 Å². The Kier molecular flexibility index (Phi) is 4.47. The van der Waals surface area contributed by atoms with Crippen LogP contribution in [0.3, 0.4) is 0 Å². The van der Waals surface area contributed by atoms with Gasteiger partial charge in [0.05, 0.1) is 5.69 Å². The number of imide groups is 1. The summed E-state index contributed by atoms with van der Waals surface area (Å²) < 4.78 is 27.3. The first kappa shape index (κ1) is 16.7. The van der Waals surface area contributed by atoms with Gasteiger partial charge >= 0.3 is 6.03 Å². The number of anilines is 1. The molecular weight excluding hydrogens is 358 g/mol. The monoisotopic (exact) mass is 368 g/mol. The van der Waals surface area contributed by atoms with Crippen LogP contribution in [0, 0.1) is 11.6 Å². The number of carbonyl (C=O) groups is 2. The number of hydrogen-bond acceptors (Lipinski definition) is 3. The third-order valence-electron chi connectivity index (χ3n) is 3.49. The summed E-state index contributed by atoms with van der Waals surface area (Å²) in [5.41, 5.74) is -0.393. The first-order valence-corrected chi connectivity index (χ1v) is 8.12. The second kappa shape index (κ2) is 6.41. The SMILES string of the molecule is CN1C(=O)N(c2cc(F)ccc2F)C(=O)C1Sc1ccc(Cl)cc1. The molecule has 8 heteroatoms. The summed E-state index contributed by atoms with van der Waals surface area (Å²) in [6.07, 6.45) is 0. The lowest BCUT2D eigenvalue weighted by molar-refractivity contribution is -0.117. The second-order valence-corrected chi connectivity index (χ2v) is 6.68. The highest BCUT2D eigenvalue weighted by atomic mass is 35.5. The molecule has 3 amide bonds. The summed E-state index contributed by atoms with van der Waals surface area (Å²) in [6, 6.07) is 8.67. The predicted octanol–water partition coefficient (Wildman–Crippen LogP) is 4.14. The Morgan fingerprint density at radius 2 is 1.75 bits per heavy atom. The van der Waals surface area contributed by atoms with Crippen LogP contribution in [0.1, 0.15) is 0 Å². The zero-order valence-electron chi connectivity index (χ0n) is 12.4. The summed E-state index contributed by atoms with van der Waals surface area (Å²) >= 11 is 6.95. The van der Waals surface area contributed by atoms with E-state index in [1.54, 1.807) is 24.3 Å². The number of rotatable bonds is 3. The summed E-state index contributed by atoms with van der Waals surface area (Å²) in [7, 11) is 1.44. The van der Waals surface area contributed by atoms with Gasteiger partial charge in [0.2, 0.25) is 0 Å². The number of hydrogen-bond donors (Lipinski definition) is 0. The van der Waals surface area contributed by atoms with Crippen LogP contribution in [0.5, 0.6) is 0 Å². The molecule has 2 aromatic rings. The van der Waals surface area contributed by atoms with Crippen molar-refractivity contribution in [1.82, 2.24) is 4.90 Å². The fourth-order valence-electron chi connectivity index (χ4n) is 2.28. The molecule has 3 rings (SSSR count). The fourth-order valence-corrected chi connectivity index (χ4v) is 3.41. The lowest BCUT2D eigenvalue weighted by Crippen LogP contribution is -2.32. The summed E-state index contributed by atoms with van der Waals surface area (Å²) in [4.78, 5) is 27.5. The van der Waals surface area contributed by atoms with Gasteiger partial charge in [-0.15, -0.1) is 0 Å². The molecule has 0 bridgehead atoms. The van der Waals surface area contributed by atoms with Gasteiger partial charge in [0.1, 0.15) is 11.6 Å². The second-order valence-electron chi connectivity index (χ2n) is 5.09. The predicted molar refractivity (Wildman–Crippen MR) is 88.1 cm³/mol. The smallest absolute Gasteiger partial charge is 0.306 e. The summed E-state index contributed by atoms with van der Waals surface area (Å²) in [5.74, 6) is -2.21. The van der Waals surface area contributed by atoms with Crippen molar-refractivity contribution in [3.8, 4) is 0 Å². The Hall–Kier alpha value is -2.12. The van der Waals surface area contributed by atoms with E-state index in [0.29, 0.717) is 9.92 Å². The highest BCUT2D eigenvalue weighted by Crippen LogP contribution is 2.35.